The van der Waals surface area contributed by atoms with Crippen LogP contribution in [0.15, 0.2) is 24.3 Å². The van der Waals surface area contributed by atoms with Crippen LogP contribution >= 0.6 is 0 Å². The molecule has 2 amide bonds. The summed E-state index contributed by atoms with van der Waals surface area (Å²) in [4.78, 5) is 27.1. The Morgan fingerprint density at radius 2 is 2.05 bits per heavy atom. The monoisotopic (exact) mass is 289 g/mol. The summed E-state index contributed by atoms with van der Waals surface area (Å²) in [5, 5.41) is 9.04. The van der Waals surface area contributed by atoms with Crippen LogP contribution in [0.1, 0.15) is 24.3 Å². The van der Waals surface area contributed by atoms with Crippen LogP contribution in [0.3, 0.4) is 0 Å². The van der Waals surface area contributed by atoms with Gasteiger partial charge in [-0.05, 0) is 18.1 Å². The number of carbonyl (C=O) groups is 2. The van der Waals surface area contributed by atoms with Crippen LogP contribution in [0.2, 0.25) is 0 Å². The zero-order valence-corrected chi connectivity index (χ0v) is 11.7. The minimum Gasteiger partial charge on any atom is -0.481 e. The normalized spacial score (nSPS) is 24.2. The Balaban J connectivity index is 1.84. The van der Waals surface area contributed by atoms with E-state index in [1.807, 2.05) is 24.3 Å². The van der Waals surface area contributed by atoms with Crippen molar-refractivity contribution in [3.63, 3.8) is 0 Å². The number of rotatable bonds is 2. The SMILES string of the molecule is NC1CCN(C(=O)N2CC(CC(=O)O)c3ccccc32)C1. The molecular formula is C15H19N3O3. The number of benzene rings is 1. The number of carboxylic acid groups (broad SMARTS) is 1. The third-order valence-corrected chi connectivity index (χ3v) is 4.22. The first-order valence-corrected chi connectivity index (χ1v) is 7.19. The van der Waals surface area contributed by atoms with Gasteiger partial charge in [-0.15, -0.1) is 0 Å². The molecule has 2 unspecified atom stereocenters. The molecule has 1 aromatic carbocycles. The van der Waals surface area contributed by atoms with Gasteiger partial charge in [0.15, 0.2) is 0 Å². The van der Waals surface area contributed by atoms with Gasteiger partial charge in [0.2, 0.25) is 0 Å². The average Bonchev–Trinajstić information content (AvgIpc) is 3.03. The molecule has 0 spiro atoms. The first-order valence-electron chi connectivity index (χ1n) is 7.19. The van der Waals surface area contributed by atoms with Crippen molar-refractivity contribution < 1.29 is 14.7 Å². The minimum absolute atomic E-state index is 0.0420. The molecule has 6 nitrogen and oxygen atoms in total. The molecule has 3 N–H and O–H groups in total. The first-order chi connectivity index (χ1) is 10.1. The van der Waals surface area contributed by atoms with E-state index in [4.69, 9.17) is 10.8 Å². The highest BCUT2D eigenvalue weighted by atomic mass is 16.4. The standard InChI is InChI=1S/C15H19N3O3/c16-11-5-6-17(9-11)15(21)18-8-10(7-14(19)20)12-3-1-2-4-13(12)18/h1-4,10-11H,5-9,16H2,(H,19,20). The molecule has 6 heteroatoms. The lowest BCUT2D eigenvalue weighted by atomic mass is 9.98. The minimum atomic E-state index is -0.840. The zero-order chi connectivity index (χ0) is 15.0. The molecule has 2 heterocycles. The number of nitrogens with zero attached hydrogens (tertiary/aromatic N) is 2. The molecule has 1 aromatic rings. The second-order valence-electron chi connectivity index (χ2n) is 5.74. The lowest BCUT2D eigenvalue weighted by molar-refractivity contribution is -0.137. The summed E-state index contributed by atoms with van der Waals surface area (Å²) in [5.74, 6) is -0.980. The lowest BCUT2D eigenvalue weighted by Crippen LogP contribution is -2.42. The first kappa shape index (κ1) is 13.9. The number of hydrogen-bond acceptors (Lipinski definition) is 3. The number of fused-ring (bicyclic) bond motifs is 1. The maximum Gasteiger partial charge on any atom is 0.324 e. The zero-order valence-electron chi connectivity index (χ0n) is 11.7. The van der Waals surface area contributed by atoms with Crippen LogP contribution in [0.5, 0.6) is 0 Å². The Hall–Kier alpha value is -2.08. The number of hydrogen-bond donors (Lipinski definition) is 2. The lowest BCUT2D eigenvalue weighted by Gasteiger charge is -2.25. The Labute approximate surface area is 123 Å². The van der Waals surface area contributed by atoms with E-state index >= 15 is 0 Å². The Morgan fingerprint density at radius 1 is 1.29 bits per heavy atom. The fourth-order valence-corrected chi connectivity index (χ4v) is 3.19. The van der Waals surface area contributed by atoms with Crippen LogP contribution in [0.4, 0.5) is 10.5 Å². The summed E-state index contributed by atoms with van der Waals surface area (Å²) in [7, 11) is 0. The van der Waals surface area contributed by atoms with E-state index in [2.05, 4.69) is 0 Å². The molecular weight excluding hydrogens is 270 g/mol. The third-order valence-electron chi connectivity index (χ3n) is 4.22. The van der Waals surface area contributed by atoms with Crippen molar-refractivity contribution in [3.05, 3.63) is 29.8 Å². The van der Waals surface area contributed by atoms with Gasteiger partial charge in [0.05, 0.1) is 6.42 Å². The maximum atomic E-state index is 12.6. The quantitative estimate of drug-likeness (QED) is 0.857. The van der Waals surface area contributed by atoms with Gasteiger partial charge in [0.1, 0.15) is 0 Å². The highest BCUT2D eigenvalue weighted by Gasteiger charge is 2.36. The van der Waals surface area contributed by atoms with E-state index in [0.717, 1.165) is 17.7 Å². The molecule has 0 radical (unpaired) electrons. The molecule has 2 aliphatic rings. The third kappa shape index (κ3) is 2.58. The predicted molar refractivity (Wildman–Crippen MR) is 78.3 cm³/mol. The van der Waals surface area contributed by atoms with E-state index in [0.29, 0.717) is 19.6 Å². The topological polar surface area (TPSA) is 86.9 Å². The summed E-state index contributed by atoms with van der Waals surface area (Å²) in [6, 6.07) is 7.52. The molecule has 3 rings (SSSR count). The molecule has 21 heavy (non-hydrogen) atoms. The number of anilines is 1. The number of carboxylic acids is 1. The van der Waals surface area contributed by atoms with Gasteiger partial charge in [-0.25, -0.2) is 4.79 Å². The van der Waals surface area contributed by atoms with E-state index < -0.39 is 5.97 Å². The van der Waals surface area contributed by atoms with E-state index in [1.54, 1.807) is 9.80 Å². The van der Waals surface area contributed by atoms with Crippen LogP contribution in [0.25, 0.3) is 0 Å². The molecule has 112 valence electrons. The van der Waals surface area contributed by atoms with Crippen LogP contribution in [0, 0.1) is 0 Å². The van der Waals surface area contributed by atoms with E-state index in [-0.39, 0.29) is 24.4 Å². The summed E-state index contributed by atoms with van der Waals surface area (Å²) in [6.45, 7) is 1.67. The van der Waals surface area contributed by atoms with Crippen molar-refractivity contribution in [2.75, 3.05) is 24.5 Å². The van der Waals surface area contributed by atoms with Crippen molar-refractivity contribution in [3.8, 4) is 0 Å². The largest absolute Gasteiger partial charge is 0.481 e. The number of carbonyl (C=O) groups excluding carboxylic acids is 1. The molecule has 0 bridgehead atoms. The van der Waals surface area contributed by atoms with Crippen LogP contribution in [-0.2, 0) is 4.79 Å². The van der Waals surface area contributed by atoms with Crippen LogP contribution in [-0.4, -0.2) is 47.7 Å². The number of para-hydroxylation sites is 1. The fraction of sp³-hybridized carbons (Fsp3) is 0.467. The van der Waals surface area contributed by atoms with Gasteiger partial charge in [0, 0.05) is 37.3 Å². The van der Waals surface area contributed by atoms with Gasteiger partial charge >= 0.3 is 12.0 Å². The van der Waals surface area contributed by atoms with E-state index in [9.17, 15) is 9.59 Å². The number of nitrogens with two attached hydrogens (primary N) is 1. The molecule has 2 atom stereocenters. The van der Waals surface area contributed by atoms with Crippen LogP contribution < -0.4 is 10.6 Å². The summed E-state index contributed by atoms with van der Waals surface area (Å²) in [5.41, 5.74) is 7.63. The second-order valence-corrected chi connectivity index (χ2v) is 5.74. The average molecular weight is 289 g/mol. The fourth-order valence-electron chi connectivity index (χ4n) is 3.19. The molecule has 1 fully saturated rings. The molecule has 0 aromatic heterocycles. The van der Waals surface area contributed by atoms with E-state index in [1.165, 1.54) is 0 Å². The molecule has 1 saturated heterocycles. The van der Waals surface area contributed by atoms with Crippen molar-refractivity contribution in [2.45, 2.75) is 24.8 Å². The van der Waals surface area contributed by atoms with Gasteiger partial charge < -0.3 is 15.7 Å². The highest BCUT2D eigenvalue weighted by Crippen LogP contribution is 2.38. The van der Waals surface area contributed by atoms with Gasteiger partial charge in [-0.3, -0.25) is 9.69 Å². The Kier molecular flexibility index (Phi) is 3.55. The van der Waals surface area contributed by atoms with Gasteiger partial charge in [-0.1, -0.05) is 18.2 Å². The Morgan fingerprint density at radius 3 is 2.71 bits per heavy atom. The smallest absolute Gasteiger partial charge is 0.324 e. The highest BCUT2D eigenvalue weighted by molar-refractivity contribution is 5.95. The maximum absolute atomic E-state index is 12.6. The van der Waals surface area contributed by atoms with Gasteiger partial charge in [-0.2, -0.15) is 0 Å². The van der Waals surface area contributed by atoms with Gasteiger partial charge in [0.25, 0.3) is 0 Å². The summed E-state index contributed by atoms with van der Waals surface area (Å²) in [6.07, 6.45) is 0.861. The predicted octanol–water partition coefficient (Wildman–Crippen LogP) is 1.22. The molecule has 0 saturated carbocycles. The van der Waals surface area contributed by atoms with Crippen molar-refractivity contribution in [1.82, 2.24) is 4.90 Å². The second kappa shape index (κ2) is 5.37. The molecule has 2 aliphatic heterocycles. The molecule has 0 aliphatic carbocycles. The van der Waals surface area contributed by atoms with Crippen molar-refractivity contribution in [1.29, 1.82) is 0 Å². The Bertz CT molecular complexity index is 575. The van der Waals surface area contributed by atoms with Crippen molar-refractivity contribution >= 4 is 17.7 Å². The number of likely N-dealkylation sites (tertiary alicyclic amines) is 1. The summed E-state index contributed by atoms with van der Waals surface area (Å²) < 4.78 is 0. The van der Waals surface area contributed by atoms with Crippen molar-refractivity contribution in [2.24, 2.45) is 5.73 Å². The number of amides is 2. The summed E-state index contributed by atoms with van der Waals surface area (Å²) >= 11 is 0. The number of urea groups is 1. The number of aliphatic carboxylic acids is 1.